The van der Waals surface area contributed by atoms with E-state index >= 15 is 0 Å². The van der Waals surface area contributed by atoms with Crippen molar-refractivity contribution < 1.29 is 0 Å². The molecule has 0 bridgehead atoms. The Balaban J connectivity index is -0.0000000822. The van der Waals surface area contributed by atoms with Crippen LogP contribution >= 0.6 is 69.6 Å². The van der Waals surface area contributed by atoms with E-state index < -0.39 is 32.3 Å². The van der Waals surface area contributed by atoms with Crippen LogP contribution in [0.2, 0.25) is 0 Å². The molecular weight excluding hydrogens is 405 g/mol. The lowest BCUT2D eigenvalue weighted by Gasteiger charge is -2.37. The topological polar surface area (TPSA) is 0 Å². The molecule has 0 atom stereocenters. The molecule has 6 heteroatoms. The molecule has 0 nitrogen and oxygen atoms in total. The molecule has 22 heavy (non-hydrogen) atoms. The summed E-state index contributed by atoms with van der Waals surface area (Å²) < 4.78 is 0. The third-order valence-electron chi connectivity index (χ3n) is 1.83. The summed E-state index contributed by atoms with van der Waals surface area (Å²) in [7, 11) is 0. The minimum Gasteiger partial charge on any atom is -0.120 e. The first-order chi connectivity index (χ1) is 10.5. The van der Waals surface area contributed by atoms with Gasteiger partial charge in [0.15, 0.2) is 0 Å². The maximum atomic E-state index is 5.88. The van der Waals surface area contributed by atoms with Crippen molar-refractivity contribution in [1.29, 1.82) is 0 Å². The second kappa shape index (κ2) is 26.3. The Kier molecular flexibility index (Phi) is 40.6. The summed E-state index contributed by atoms with van der Waals surface area (Å²) in [4.78, 5) is 0. The second-order valence-corrected chi connectivity index (χ2v) is 5.69. The monoisotopic (exact) mass is 428 g/mol. The molecule has 0 spiro atoms. The Morgan fingerprint density at radius 1 is 0.273 bits per heavy atom. The summed E-state index contributed by atoms with van der Waals surface area (Å²) in [6.45, 7) is 30.0. The van der Waals surface area contributed by atoms with Gasteiger partial charge in [0.2, 0.25) is 0 Å². The number of hydrogen-bond acceptors (Lipinski definition) is 0. The Morgan fingerprint density at radius 3 is 0.364 bits per heavy atom. The van der Waals surface area contributed by atoms with Crippen molar-refractivity contribution in [2.45, 2.75) is 32.3 Å². The lowest BCUT2D eigenvalue weighted by Crippen LogP contribution is -2.52. The standard InChI is InChI=1S/C6H6Cl6.5C2H4/c7-1-2(8)4(10)6(12)5(11)3(1)9;5*1-2/h1-6H;5*1-2H2. The molecule has 1 fully saturated rings. The van der Waals surface area contributed by atoms with Crippen molar-refractivity contribution in [3.63, 3.8) is 0 Å². The molecule has 1 aliphatic rings. The highest BCUT2D eigenvalue weighted by Crippen LogP contribution is 2.39. The van der Waals surface area contributed by atoms with Crippen LogP contribution in [0.1, 0.15) is 0 Å². The highest BCUT2D eigenvalue weighted by molar-refractivity contribution is 6.45. The van der Waals surface area contributed by atoms with Crippen LogP contribution in [0.25, 0.3) is 0 Å². The third-order valence-corrected chi connectivity index (χ3v) is 5.86. The van der Waals surface area contributed by atoms with Crippen LogP contribution in [-0.2, 0) is 0 Å². The van der Waals surface area contributed by atoms with Gasteiger partial charge in [-0.1, -0.05) is 0 Å². The Labute approximate surface area is 167 Å². The fourth-order valence-electron chi connectivity index (χ4n) is 1.05. The number of rotatable bonds is 0. The van der Waals surface area contributed by atoms with Crippen molar-refractivity contribution in [1.82, 2.24) is 0 Å². The van der Waals surface area contributed by atoms with E-state index in [0.29, 0.717) is 0 Å². The van der Waals surface area contributed by atoms with E-state index in [1.54, 1.807) is 0 Å². The van der Waals surface area contributed by atoms with Gasteiger partial charge in [-0.15, -0.1) is 135 Å². The van der Waals surface area contributed by atoms with Crippen LogP contribution in [0.3, 0.4) is 0 Å². The molecule has 0 aromatic heterocycles. The largest absolute Gasteiger partial charge is 0.120 e. The van der Waals surface area contributed by atoms with E-state index in [0.717, 1.165) is 0 Å². The van der Waals surface area contributed by atoms with Gasteiger partial charge in [-0.3, -0.25) is 0 Å². The second-order valence-electron chi connectivity index (χ2n) is 2.67. The van der Waals surface area contributed by atoms with Gasteiger partial charge in [0.05, 0.1) is 32.3 Å². The third kappa shape index (κ3) is 12.9. The first-order valence-electron chi connectivity index (χ1n) is 5.81. The highest BCUT2D eigenvalue weighted by atomic mass is 35.5. The van der Waals surface area contributed by atoms with E-state index in [9.17, 15) is 0 Å². The molecule has 0 aromatic rings. The van der Waals surface area contributed by atoms with Gasteiger partial charge in [0.25, 0.3) is 0 Å². The van der Waals surface area contributed by atoms with Gasteiger partial charge in [0, 0.05) is 0 Å². The molecule has 1 saturated carbocycles. The smallest absolute Gasteiger partial charge is 0.0693 e. The SMILES string of the molecule is C=C.C=C.C=C.C=C.C=C.ClC1C(Cl)C(Cl)C(Cl)C(Cl)C1Cl. The van der Waals surface area contributed by atoms with Crippen molar-refractivity contribution in [2.24, 2.45) is 0 Å². The van der Waals surface area contributed by atoms with Crippen molar-refractivity contribution in [2.75, 3.05) is 0 Å². The van der Waals surface area contributed by atoms with Crippen molar-refractivity contribution in [3.8, 4) is 0 Å². The zero-order valence-corrected chi connectivity index (χ0v) is 17.3. The fraction of sp³-hybridized carbons (Fsp3) is 0.375. The zero-order valence-electron chi connectivity index (χ0n) is 12.8. The molecule has 0 unspecified atom stereocenters. The first kappa shape index (κ1) is 33.9. The van der Waals surface area contributed by atoms with Crippen LogP contribution in [0.5, 0.6) is 0 Å². The minimum atomic E-state index is -0.437. The molecular formula is C16H26Cl6. The Morgan fingerprint density at radius 2 is 0.318 bits per heavy atom. The van der Waals surface area contributed by atoms with Gasteiger partial charge in [-0.2, -0.15) is 0 Å². The summed E-state index contributed by atoms with van der Waals surface area (Å²) in [5.74, 6) is 0. The number of halogens is 6. The van der Waals surface area contributed by atoms with Crippen LogP contribution in [0.15, 0.2) is 65.8 Å². The summed E-state index contributed by atoms with van der Waals surface area (Å²) in [5, 5.41) is -2.62. The molecule has 0 amide bonds. The van der Waals surface area contributed by atoms with E-state index in [-0.39, 0.29) is 0 Å². The first-order valence-corrected chi connectivity index (χ1v) is 8.43. The molecule has 132 valence electrons. The molecule has 0 N–H and O–H groups in total. The van der Waals surface area contributed by atoms with Gasteiger partial charge in [0.1, 0.15) is 0 Å². The van der Waals surface area contributed by atoms with E-state index in [2.05, 4.69) is 65.8 Å². The quantitative estimate of drug-likeness (QED) is 0.273. The fourth-order valence-corrected chi connectivity index (χ4v) is 3.38. The Bertz CT molecular complexity index is 157. The Hall–Kier alpha value is 0.440. The van der Waals surface area contributed by atoms with Crippen molar-refractivity contribution in [3.05, 3.63) is 65.8 Å². The predicted octanol–water partition coefficient (Wildman–Crippen LogP) is 7.66. The summed E-state index contributed by atoms with van der Waals surface area (Å²) >= 11 is 35.3. The van der Waals surface area contributed by atoms with Gasteiger partial charge in [-0.25, -0.2) is 0 Å². The summed E-state index contributed by atoms with van der Waals surface area (Å²) in [5.41, 5.74) is 0. The molecule has 0 aliphatic heterocycles. The number of hydrogen-bond donors (Lipinski definition) is 0. The van der Waals surface area contributed by atoms with Crippen LogP contribution in [0, 0.1) is 0 Å². The molecule has 0 aromatic carbocycles. The lowest BCUT2D eigenvalue weighted by atomic mass is 9.97. The maximum Gasteiger partial charge on any atom is 0.0693 e. The van der Waals surface area contributed by atoms with Gasteiger partial charge < -0.3 is 0 Å². The average molecular weight is 431 g/mol. The van der Waals surface area contributed by atoms with Crippen LogP contribution < -0.4 is 0 Å². The predicted molar refractivity (Wildman–Crippen MR) is 114 cm³/mol. The summed E-state index contributed by atoms with van der Waals surface area (Å²) in [6.07, 6.45) is 0. The van der Waals surface area contributed by atoms with Crippen molar-refractivity contribution >= 4 is 69.6 Å². The number of alkyl halides is 6. The molecule has 1 aliphatic carbocycles. The molecule has 0 heterocycles. The van der Waals surface area contributed by atoms with Gasteiger partial charge >= 0.3 is 0 Å². The average Bonchev–Trinajstić information content (AvgIpc) is 2.65. The minimum absolute atomic E-state index is 0.437. The molecule has 0 saturated heterocycles. The molecule has 1 rings (SSSR count). The summed E-state index contributed by atoms with van der Waals surface area (Å²) in [6, 6.07) is 0. The van der Waals surface area contributed by atoms with E-state index in [1.807, 2.05) is 0 Å². The molecule has 0 radical (unpaired) electrons. The zero-order chi connectivity index (χ0) is 19.5. The van der Waals surface area contributed by atoms with Crippen LogP contribution in [-0.4, -0.2) is 32.3 Å². The van der Waals surface area contributed by atoms with Crippen LogP contribution in [0.4, 0.5) is 0 Å². The maximum absolute atomic E-state index is 5.88. The van der Waals surface area contributed by atoms with E-state index in [1.165, 1.54) is 0 Å². The van der Waals surface area contributed by atoms with E-state index in [4.69, 9.17) is 69.6 Å². The highest BCUT2D eigenvalue weighted by Gasteiger charge is 2.46. The van der Waals surface area contributed by atoms with Gasteiger partial charge in [-0.05, 0) is 0 Å². The lowest BCUT2D eigenvalue weighted by molar-refractivity contribution is 0.544. The normalized spacial score (nSPS) is 31.2.